The lowest BCUT2D eigenvalue weighted by Crippen LogP contribution is -2.37. The number of hydrogen-bond donors (Lipinski definition) is 2. The van der Waals surface area contributed by atoms with Crippen molar-refractivity contribution in [2.24, 2.45) is 5.73 Å². The van der Waals surface area contributed by atoms with Crippen molar-refractivity contribution in [1.82, 2.24) is 0 Å². The van der Waals surface area contributed by atoms with Crippen molar-refractivity contribution < 1.29 is 9.53 Å². The van der Waals surface area contributed by atoms with Gasteiger partial charge in [0.2, 0.25) is 5.91 Å². The van der Waals surface area contributed by atoms with Crippen LogP contribution in [0.5, 0.6) is 5.75 Å². The van der Waals surface area contributed by atoms with Crippen molar-refractivity contribution in [3.05, 3.63) is 60.2 Å². The highest BCUT2D eigenvalue weighted by molar-refractivity contribution is 5.94. The van der Waals surface area contributed by atoms with E-state index < -0.39 is 6.04 Å². The maximum atomic E-state index is 12.1. The molecule has 4 heteroatoms. The van der Waals surface area contributed by atoms with Gasteiger partial charge in [0.15, 0.2) is 0 Å². The molecule has 0 heterocycles. The maximum Gasteiger partial charge on any atom is 0.241 e. The average molecular weight is 298 g/mol. The van der Waals surface area contributed by atoms with E-state index in [0.717, 1.165) is 11.3 Å². The fourth-order valence-corrected chi connectivity index (χ4v) is 2.08. The van der Waals surface area contributed by atoms with E-state index in [1.807, 2.05) is 68.4 Å². The summed E-state index contributed by atoms with van der Waals surface area (Å²) in [5.74, 6) is 0.586. The number of benzene rings is 2. The predicted molar refractivity (Wildman–Crippen MR) is 89.0 cm³/mol. The highest BCUT2D eigenvalue weighted by Gasteiger charge is 2.14. The van der Waals surface area contributed by atoms with Gasteiger partial charge >= 0.3 is 0 Å². The van der Waals surface area contributed by atoms with Crippen LogP contribution in [0.4, 0.5) is 5.69 Å². The Morgan fingerprint density at radius 3 is 2.32 bits per heavy atom. The lowest BCUT2D eigenvalue weighted by Gasteiger charge is -2.13. The van der Waals surface area contributed by atoms with E-state index in [1.165, 1.54) is 0 Å². The van der Waals surface area contributed by atoms with Gasteiger partial charge in [0.05, 0.1) is 12.1 Å². The molecule has 1 amide bonds. The molecule has 116 valence electrons. The number of carbonyl (C=O) groups excluding carboxylic acids is 1. The molecule has 22 heavy (non-hydrogen) atoms. The molecule has 0 aromatic heterocycles. The van der Waals surface area contributed by atoms with Crippen LogP contribution in [-0.2, 0) is 11.2 Å². The topological polar surface area (TPSA) is 64.3 Å². The number of amides is 1. The van der Waals surface area contributed by atoms with E-state index in [4.69, 9.17) is 10.5 Å². The van der Waals surface area contributed by atoms with Crippen LogP contribution in [0.1, 0.15) is 19.4 Å². The molecule has 4 nitrogen and oxygen atoms in total. The van der Waals surface area contributed by atoms with E-state index in [2.05, 4.69) is 5.32 Å². The summed E-state index contributed by atoms with van der Waals surface area (Å²) in [6, 6.07) is 16.5. The van der Waals surface area contributed by atoms with E-state index in [9.17, 15) is 4.79 Å². The van der Waals surface area contributed by atoms with Gasteiger partial charge in [-0.1, -0.05) is 30.3 Å². The third-order valence-electron chi connectivity index (χ3n) is 3.13. The molecule has 0 saturated carbocycles. The molecule has 1 unspecified atom stereocenters. The molecule has 0 radical (unpaired) electrons. The number of anilines is 1. The second-order valence-electron chi connectivity index (χ2n) is 5.48. The Morgan fingerprint density at radius 1 is 1.09 bits per heavy atom. The summed E-state index contributed by atoms with van der Waals surface area (Å²) in [6.45, 7) is 3.94. The van der Waals surface area contributed by atoms with Crippen molar-refractivity contribution >= 4 is 11.6 Å². The average Bonchev–Trinajstić information content (AvgIpc) is 2.49. The van der Waals surface area contributed by atoms with Gasteiger partial charge in [0.25, 0.3) is 0 Å². The molecule has 0 aliphatic heterocycles. The van der Waals surface area contributed by atoms with Crippen LogP contribution in [-0.4, -0.2) is 18.1 Å². The lowest BCUT2D eigenvalue weighted by molar-refractivity contribution is -0.117. The highest BCUT2D eigenvalue weighted by Crippen LogP contribution is 2.17. The largest absolute Gasteiger partial charge is 0.491 e. The number of rotatable bonds is 6. The Bertz CT molecular complexity index is 594. The molecule has 2 aromatic carbocycles. The van der Waals surface area contributed by atoms with Gasteiger partial charge in [-0.25, -0.2) is 0 Å². The predicted octanol–water partition coefficient (Wildman–Crippen LogP) is 2.98. The summed E-state index contributed by atoms with van der Waals surface area (Å²) >= 11 is 0. The van der Waals surface area contributed by atoms with E-state index in [0.29, 0.717) is 12.1 Å². The van der Waals surface area contributed by atoms with Gasteiger partial charge in [0, 0.05) is 5.69 Å². The van der Waals surface area contributed by atoms with Crippen molar-refractivity contribution in [3.8, 4) is 5.75 Å². The van der Waals surface area contributed by atoms with Gasteiger partial charge in [-0.2, -0.15) is 0 Å². The van der Waals surface area contributed by atoms with Crippen LogP contribution in [0.25, 0.3) is 0 Å². The molecule has 0 aliphatic rings. The van der Waals surface area contributed by atoms with Gasteiger partial charge in [-0.15, -0.1) is 0 Å². The molecule has 0 saturated heterocycles. The number of nitrogens with one attached hydrogen (secondary N) is 1. The Labute approximate surface area is 131 Å². The standard InChI is InChI=1S/C18H22N2O2/c1-13(2)22-16-10-8-15(9-11-16)20-18(21)17(19)12-14-6-4-3-5-7-14/h3-11,13,17H,12,19H2,1-2H3,(H,20,21). The molecule has 1 atom stereocenters. The maximum absolute atomic E-state index is 12.1. The molecule has 2 aromatic rings. The minimum atomic E-state index is -0.575. The van der Waals surface area contributed by atoms with Crippen LogP contribution in [0.2, 0.25) is 0 Å². The Balaban J connectivity index is 1.90. The van der Waals surface area contributed by atoms with Crippen molar-refractivity contribution in [3.63, 3.8) is 0 Å². The number of carbonyl (C=O) groups is 1. The second-order valence-corrected chi connectivity index (χ2v) is 5.48. The zero-order chi connectivity index (χ0) is 15.9. The minimum absolute atomic E-state index is 0.125. The number of hydrogen-bond acceptors (Lipinski definition) is 3. The first-order valence-corrected chi connectivity index (χ1v) is 7.41. The summed E-state index contributed by atoms with van der Waals surface area (Å²) in [6.07, 6.45) is 0.640. The first-order valence-electron chi connectivity index (χ1n) is 7.41. The summed E-state index contributed by atoms with van der Waals surface area (Å²) in [4.78, 5) is 12.1. The van der Waals surface area contributed by atoms with Gasteiger partial charge in [0.1, 0.15) is 5.75 Å². The van der Waals surface area contributed by atoms with E-state index in [-0.39, 0.29) is 12.0 Å². The van der Waals surface area contributed by atoms with Crippen LogP contribution in [0.3, 0.4) is 0 Å². The number of ether oxygens (including phenoxy) is 1. The van der Waals surface area contributed by atoms with E-state index >= 15 is 0 Å². The summed E-state index contributed by atoms with van der Waals surface area (Å²) in [5, 5.41) is 2.82. The van der Waals surface area contributed by atoms with E-state index in [1.54, 1.807) is 0 Å². The van der Waals surface area contributed by atoms with Gasteiger partial charge in [-0.3, -0.25) is 4.79 Å². The Hall–Kier alpha value is -2.33. The first-order chi connectivity index (χ1) is 10.5. The van der Waals surface area contributed by atoms with Crippen molar-refractivity contribution in [1.29, 1.82) is 0 Å². The summed E-state index contributed by atoms with van der Waals surface area (Å²) in [7, 11) is 0. The quantitative estimate of drug-likeness (QED) is 0.861. The molecule has 0 spiro atoms. The van der Waals surface area contributed by atoms with Crippen LogP contribution in [0, 0.1) is 0 Å². The van der Waals surface area contributed by atoms with Crippen molar-refractivity contribution in [2.45, 2.75) is 32.4 Å². The molecular formula is C18H22N2O2. The lowest BCUT2D eigenvalue weighted by atomic mass is 10.1. The molecule has 2 rings (SSSR count). The fraction of sp³-hybridized carbons (Fsp3) is 0.278. The zero-order valence-corrected chi connectivity index (χ0v) is 13.0. The summed E-state index contributed by atoms with van der Waals surface area (Å²) in [5.41, 5.74) is 7.72. The molecule has 0 fully saturated rings. The Morgan fingerprint density at radius 2 is 1.73 bits per heavy atom. The van der Waals surface area contributed by atoms with Gasteiger partial charge in [-0.05, 0) is 50.1 Å². The normalized spacial score (nSPS) is 12.0. The monoisotopic (exact) mass is 298 g/mol. The second kappa shape index (κ2) is 7.61. The van der Waals surface area contributed by atoms with Crippen molar-refractivity contribution in [2.75, 3.05) is 5.32 Å². The molecule has 0 aliphatic carbocycles. The molecular weight excluding hydrogens is 276 g/mol. The number of nitrogens with two attached hydrogens (primary N) is 1. The molecule has 3 N–H and O–H groups in total. The van der Waals surface area contributed by atoms with Crippen LogP contribution in [0.15, 0.2) is 54.6 Å². The first kappa shape index (κ1) is 16.0. The Kier molecular flexibility index (Phi) is 5.55. The van der Waals surface area contributed by atoms with Crippen LogP contribution < -0.4 is 15.8 Å². The zero-order valence-electron chi connectivity index (χ0n) is 13.0. The highest BCUT2D eigenvalue weighted by atomic mass is 16.5. The fourth-order valence-electron chi connectivity index (χ4n) is 2.08. The van der Waals surface area contributed by atoms with Gasteiger partial charge < -0.3 is 15.8 Å². The van der Waals surface area contributed by atoms with Crippen LogP contribution >= 0.6 is 0 Å². The SMILES string of the molecule is CC(C)Oc1ccc(NC(=O)C(N)Cc2ccccc2)cc1. The third kappa shape index (κ3) is 4.90. The minimum Gasteiger partial charge on any atom is -0.491 e. The summed E-state index contributed by atoms with van der Waals surface area (Å²) < 4.78 is 5.56. The molecule has 0 bridgehead atoms. The smallest absolute Gasteiger partial charge is 0.241 e. The third-order valence-corrected chi connectivity index (χ3v) is 3.13.